The van der Waals surface area contributed by atoms with Gasteiger partial charge in [0, 0.05) is 24.3 Å². The Labute approximate surface area is 110 Å². The molecule has 2 rings (SSSR count). The molecule has 3 nitrogen and oxygen atoms in total. The summed E-state index contributed by atoms with van der Waals surface area (Å²) >= 11 is 7.39. The van der Waals surface area contributed by atoms with E-state index in [9.17, 15) is 0 Å². The second-order valence-electron chi connectivity index (χ2n) is 3.90. The Morgan fingerprint density at radius 2 is 2.29 bits per heavy atom. The maximum Gasteiger partial charge on any atom is 0.107 e. The Morgan fingerprint density at radius 3 is 2.94 bits per heavy atom. The summed E-state index contributed by atoms with van der Waals surface area (Å²) in [5.74, 6) is 0.489. The topological polar surface area (TPSA) is 29.0 Å². The molecule has 0 aliphatic heterocycles. The molecule has 0 aromatic carbocycles. The molecule has 0 aliphatic carbocycles. The van der Waals surface area contributed by atoms with Gasteiger partial charge in [-0.3, -0.25) is 9.88 Å². The van der Waals surface area contributed by atoms with Crippen LogP contribution >= 0.6 is 22.9 Å². The van der Waals surface area contributed by atoms with Gasteiger partial charge in [-0.15, -0.1) is 22.9 Å². The third-order valence-corrected chi connectivity index (χ3v) is 3.47. The molecule has 0 atom stereocenters. The lowest BCUT2D eigenvalue weighted by Gasteiger charge is -2.14. The van der Waals surface area contributed by atoms with Gasteiger partial charge in [-0.2, -0.15) is 0 Å². The van der Waals surface area contributed by atoms with Crippen molar-refractivity contribution in [3.8, 4) is 0 Å². The van der Waals surface area contributed by atoms with Crippen LogP contribution in [0.25, 0.3) is 0 Å². The molecule has 0 unspecified atom stereocenters. The Balaban J connectivity index is 1.91. The van der Waals surface area contributed by atoms with Gasteiger partial charge < -0.3 is 0 Å². The van der Waals surface area contributed by atoms with Crippen LogP contribution in [0.4, 0.5) is 0 Å². The first-order valence-corrected chi connectivity index (χ1v) is 6.76. The maximum atomic E-state index is 5.73. The summed E-state index contributed by atoms with van der Waals surface area (Å²) < 4.78 is 0. The fourth-order valence-electron chi connectivity index (χ4n) is 1.57. The Hall–Kier alpha value is -0.970. The number of nitrogens with zero attached hydrogens (tertiary/aromatic N) is 3. The average Bonchev–Trinajstić information content (AvgIpc) is 2.78. The Kier molecular flexibility index (Phi) is 4.48. The summed E-state index contributed by atoms with van der Waals surface area (Å²) in [5.41, 5.74) is 2.17. The maximum absolute atomic E-state index is 5.73. The van der Waals surface area contributed by atoms with E-state index in [2.05, 4.69) is 28.0 Å². The number of pyridine rings is 1. The van der Waals surface area contributed by atoms with Crippen molar-refractivity contribution >= 4 is 22.9 Å². The van der Waals surface area contributed by atoms with Crippen molar-refractivity contribution in [1.82, 2.24) is 14.9 Å². The summed E-state index contributed by atoms with van der Waals surface area (Å²) in [4.78, 5) is 10.8. The molecule has 90 valence electrons. The molecule has 0 radical (unpaired) electrons. The Bertz CT molecular complexity index is 458. The van der Waals surface area contributed by atoms with Gasteiger partial charge in [0.25, 0.3) is 0 Å². The molecule has 0 amide bonds. The van der Waals surface area contributed by atoms with Crippen molar-refractivity contribution in [2.75, 3.05) is 7.05 Å². The van der Waals surface area contributed by atoms with E-state index in [1.165, 1.54) is 5.56 Å². The highest BCUT2D eigenvalue weighted by molar-refractivity contribution is 7.09. The molecule has 0 bridgehead atoms. The molecule has 0 saturated carbocycles. The largest absolute Gasteiger partial charge is 0.295 e. The first-order chi connectivity index (χ1) is 8.28. The zero-order chi connectivity index (χ0) is 12.1. The van der Waals surface area contributed by atoms with Gasteiger partial charge >= 0.3 is 0 Å². The first-order valence-electron chi connectivity index (χ1n) is 5.34. The van der Waals surface area contributed by atoms with E-state index >= 15 is 0 Å². The van der Waals surface area contributed by atoms with Crippen LogP contribution in [0, 0.1) is 0 Å². The second kappa shape index (κ2) is 6.10. The molecule has 0 fully saturated rings. The molecular weight excluding hydrogens is 254 g/mol. The lowest BCUT2D eigenvalue weighted by Crippen LogP contribution is -2.17. The minimum Gasteiger partial charge on any atom is -0.295 e. The van der Waals surface area contributed by atoms with Gasteiger partial charge in [0.2, 0.25) is 0 Å². The average molecular weight is 268 g/mol. The fraction of sp³-hybridized carbons (Fsp3) is 0.333. The van der Waals surface area contributed by atoms with Crippen LogP contribution < -0.4 is 0 Å². The molecule has 5 heteroatoms. The van der Waals surface area contributed by atoms with E-state index in [4.69, 9.17) is 11.6 Å². The highest BCUT2D eigenvalue weighted by Crippen LogP contribution is 2.14. The highest BCUT2D eigenvalue weighted by Gasteiger charge is 2.05. The zero-order valence-electron chi connectivity index (χ0n) is 9.64. The standard InChI is InChI=1S/C12H14ClN3S/c1-16(7-10-3-2-4-14-6-10)8-12-15-11(5-13)9-17-12/h2-4,6,9H,5,7-8H2,1H3. The molecule has 2 aromatic heterocycles. The number of aromatic nitrogens is 2. The number of halogens is 1. The quantitative estimate of drug-likeness (QED) is 0.780. The van der Waals surface area contributed by atoms with Gasteiger partial charge in [-0.25, -0.2) is 4.98 Å². The lowest BCUT2D eigenvalue weighted by atomic mass is 10.3. The molecule has 17 heavy (non-hydrogen) atoms. The van der Waals surface area contributed by atoms with E-state index < -0.39 is 0 Å². The lowest BCUT2D eigenvalue weighted by molar-refractivity contribution is 0.318. The van der Waals surface area contributed by atoms with Crippen molar-refractivity contribution in [2.45, 2.75) is 19.0 Å². The van der Waals surface area contributed by atoms with Crippen LogP contribution in [-0.2, 0) is 19.0 Å². The van der Waals surface area contributed by atoms with Gasteiger partial charge in [0.1, 0.15) is 5.01 Å². The molecule has 0 aliphatic rings. The number of hydrogen-bond acceptors (Lipinski definition) is 4. The highest BCUT2D eigenvalue weighted by atomic mass is 35.5. The summed E-state index contributed by atoms with van der Waals surface area (Å²) in [5, 5.41) is 3.12. The van der Waals surface area contributed by atoms with Crippen molar-refractivity contribution in [3.63, 3.8) is 0 Å². The van der Waals surface area contributed by atoms with Gasteiger partial charge in [-0.1, -0.05) is 6.07 Å². The third-order valence-electron chi connectivity index (χ3n) is 2.32. The molecule has 0 spiro atoms. The number of thiazole rings is 1. The van der Waals surface area contributed by atoms with Crippen LogP contribution in [0.3, 0.4) is 0 Å². The second-order valence-corrected chi connectivity index (χ2v) is 5.11. The first kappa shape index (κ1) is 12.5. The Morgan fingerprint density at radius 1 is 1.41 bits per heavy atom. The van der Waals surface area contributed by atoms with Gasteiger partial charge in [0.05, 0.1) is 18.1 Å². The molecule has 2 aromatic rings. The van der Waals surface area contributed by atoms with Crippen LogP contribution in [0.15, 0.2) is 29.9 Å². The van der Waals surface area contributed by atoms with Crippen LogP contribution in [0.1, 0.15) is 16.3 Å². The minimum atomic E-state index is 0.489. The molecular formula is C12H14ClN3S. The monoisotopic (exact) mass is 267 g/mol. The van der Waals surface area contributed by atoms with Crippen molar-refractivity contribution < 1.29 is 0 Å². The van der Waals surface area contributed by atoms with E-state index in [1.54, 1.807) is 17.5 Å². The van der Waals surface area contributed by atoms with Gasteiger partial charge in [0.15, 0.2) is 0 Å². The number of alkyl halides is 1. The van der Waals surface area contributed by atoms with Crippen molar-refractivity contribution in [3.05, 3.63) is 46.2 Å². The number of hydrogen-bond donors (Lipinski definition) is 0. The van der Waals surface area contributed by atoms with Crippen LogP contribution in [0.5, 0.6) is 0 Å². The van der Waals surface area contributed by atoms with E-state index in [1.807, 2.05) is 17.6 Å². The van der Waals surface area contributed by atoms with E-state index in [-0.39, 0.29) is 0 Å². The van der Waals surface area contributed by atoms with Crippen LogP contribution in [-0.4, -0.2) is 21.9 Å². The fourth-order valence-corrected chi connectivity index (χ4v) is 2.67. The van der Waals surface area contributed by atoms with Crippen molar-refractivity contribution in [1.29, 1.82) is 0 Å². The molecule has 2 heterocycles. The molecule has 0 N–H and O–H groups in total. The normalized spacial score (nSPS) is 11.0. The SMILES string of the molecule is CN(Cc1cccnc1)Cc1nc(CCl)cs1. The minimum absolute atomic E-state index is 0.489. The molecule has 0 saturated heterocycles. The summed E-state index contributed by atoms with van der Waals surface area (Å²) in [7, 11) is 2.08. The smallest absolute Gasteiger partial charge is 0.107 e. The predicted octanol–water partition coefficient (Wildman–Crippen LogP) is 2.91. The zero-order valence-corrected chi connectivity index (χ0v) is 11.2. The van der Waals surface area contributed by atoms with Crippen LogP contribution in [0.2, 0.25) is 0 Å². The summed E-state index contributed by atoms with van der Waals surface area (Å²) in [6, 6.07) is 4.04. The summed E-state index contributed by atoms with van der Waals surface area (Å²) in [6.07, 6.45) is 3.68. The van der Waals surface area contributed by atoms with E-state index in [0.717, 1.165) is 23.8 Å². The number of rotatable bonds is 5. The third kappa shape index (κ3) is 3.77. The summed E-state index contributed by atoms with van der Waals surface area (Å²) in [6.45, 7) is 1.72. The predicted molar refractivity (Wildman–Crippen MR) is 71.1 cm³/mol. The van der Waals surface area contributed by atoms with Crippen molar-refractivity contribution in [2.24, 2.45) is 0 Å². The van der Waals surface area contributed by atoms with Gasteiger partial charge in [-0.05, 0) is 18.7 Å². The van der Waals surface area contributed by atoms with E-state index in [0.29, 0.717) is 5.88 Å².